The van der Waals surface area contributed by atoms with Crippen molar-refractivity contribution < 1.29 is 9.53 Å². The third-order valence-electron chi connectivity index (χ3n) is 7.21. The summed E-state index contributed by atoms with van der Waals surface area (Å²) in [4.78, 5) is 14.2. The van der Waals surface area contributed by atoms with Crippen LogP contribution in [0.5, 0.6) is 5.75 Å². The fourth-order valence-electron chi connectivity index (χ4n) is 5.47. The zero-order valence-corrected chi connectivity index (χ0v) is 19.4. The van der Waals surface area contributed by atoms with Crippen LogP contribution in [0.15, 0.2) is 85.0 Å². The second-order valence-electron chi connectivity index (χ2n) is 9.45. The third kappa shape index (κ3) is 6.35. The standard InChI is InChI=1S/C29H36N2O2/c30-28(32)16-20-29(18-8-3-9-19-29)26-17-22-31(21-10-13-24-11-4-1-5-12-24)23-27(26)33-25-14-6-2-7-15-25/h1-9,11-12,14-15,18,26-27H,10,13,16-17,19-23H2,(H2,30,32)/t26?,27-,29?/m1/s1. The average molecular weight is 445 g/mol. The summed E-state index contributed by atoms with van der Waals surface area (Å²) in [6, 6.07) is 20.9. The summed E-state index contributed by atoms with van der Waals surface area (Å²) in [6.07, 6.45) is 14.3. The van der Waals surface area contributed by atoms with Gasteiger partial charge in [-0.05, 0) is 68.3 Å². The molecule has 1 aliphatic heterocycles. The highest BCUT2D eigenvalue weighted by atomic mass is 16.5. The summed E-state index contributed by atoms with van der Waals surface area (Å²) in [5.74, 6) is 1.03. The Bertz CT molecular complexity index is 941. The van der Waals surface area contributed by atoms with E-state index < -0.39 is 0 Å². The number of hydrogen-bond donors (Lipinski definition) is 1. The van der Waals surface area contributed by atoms with Crippen LogP contribution in [0.25, 0.3) is 0 Å². The van der Waals surface area contributed by atoms with Crippen molar-refractivity contribution in [2.45, 2.75) is 44.6 Å². The Morgan fingerprint density at radius 2 is 1.82 bits per heavy atom. The first-order chi connectivity index (χ1) is 16.1. The van der Waals surface area contributed by atoms with Crippen molar-refractivity contribution in [2.24, 2.45) is 17.1 Å². The molecule has 0 saturated carbocycles. The monoisotopic (exact) mass is 444 g/mol. The van der Waals surface area contributed by atoms with E-state index in [9.17, 15) is 4.79 Å². The zero-order valence-electron chi connectivity index (χ0n) is 19.4. The first-order valence-electron chi connectivity index (χ1n) is 12.3. The van der Waals surface area contributed by atoms with Crippen LogP contribution in [0, 0.1) is 11.3 Å². The summed E-state index contributed by atoms with van der Waals surface area (Å²) in [5.41, 5.74) is 6.87. The number of carbonyl (C=O) groups excluding carboxylic acids is 1. The quantitative estimate of drug-likeness (QED) is 0.551. The number of allylic oxidation sites excluding steroid dienone is 4. The van der Waals surface area contributed by atoms with Crippen molar-refractivity contribution in [2.75, 3.05) is 19.6 Å². The predicted octanol–water partition coefficient (Wildman–Crippen LogP) is 5.16. The Morgan fingerprint density at radius 3 is 2.52 bits per heavy atom. The van der Waals surface area contributed by atoms with Crippen molar-refractivity contribution in [3.05, 3.63) is 90.5 Å². The second kappa shape index (κ2) is 11.3. The van der Waals surface area contributed by atoms with Crippen molar-refractivity contribution in [1.82, 2.24) is 4.90 Å². The lowest BCUT2D eigenvalue weighted by Crippen LogP contribution is -2.52. The largest absolute Gasteiger partial charge is 0.489 e. The van der Waals surface area contributed by atoms with Crippen molar-refractivity contribution in [3.8, 4) is 5.75 Å². The molecule has 0 radical (unpaired) electrons. The topological polar surface area (TPSA) is 55.6 Å². The molecule has 4 nitrogen and oxygen atoms in total. The fraction of sp³-hybridized carbons (Fsp3) is 0.414. The molecule has 174 valence electrons. The van der Waals surface area contributed by atoms with E-state index in [0.717, 1.165) is 57.5 Å². The molecule has 1 heterocycles. The summed E-state index contributed by atoms with van der Waals surface area (Å²) >= 11 is 0. The molecule has 2 aromatic carbocycles. The Balaban J connectivity index is 1.47. The van der Waals surface area contributed by atoms with Crippen LogP contribution in [0.1, 0.15) is 37.7 Å². The van der Waals surface area contributed by atoms with E-state index in [0.29, 0.717) is 12.3 Å². The van der Waals surface area contributed by atoms with Gasteiger partial charge in [0.2, 0.25) is 5.91 Å². The van der Waals surface area contributed by atoms with Crippen LogP contribution in [0.2, 0.25) is 0 Å². The van der Waals surface area contributed by atoms with Gasteiger partial charge in [-0.15, -0.1) is 0 Å². The molecule has 3 atom stereocenters. The van der Waals surface area contributed by atoms with Crippen LogP contribution in [0.3, 0.4) is 0 Å². The van der Waals surface area contributed by atoms with Crippen molar-refractivity contribution >= 4 is 5.91 Å². The van der Waals surface area contributed by atoms with Gasteiger partial charge in [0.25, 0.3) is 0 Å². The lowest BCUT2D eigenvalue weighted by molar-refractivity contribution is -0.119. The number of primary amides is 1. The molecule has 2 aromatic rings. The SMILES string of the molecule is NC(=O)CCC1(C2CCN(CCCc3ccccc3)C[C@H]2Oc2ccccc2)C=CC=CC1. The van der Waals surface area contributed by atoms with Gasteiger partial charge in [-0.2, -0.15) is 0 Å². The number of hydrogen-bond acceptors (Lipinski definition) is 3. The van der Waals surface area contributed by atoms with E-state index in [1.54, 1.807) is 0 Å². The number of ether oxygens (including phenoxy) is 1. The number of likely N-dealkylation sites (tertiary alicyclic amines) is 1. The summed E-state index contributed by atoms with van der Waals surface area (Å²) in [7, 11) is 0. The minimum atomic E-state index is -0.226. The molecule has 1 amide bonds. The van der Waals surface area contributed by atoms with E-state index in [1.165, 1.54) is 5.56 Å². The third-order valence-corrected chi connectivity index (χ3v) is 7.21. The molecule has 4 rings (SSSR count). The summed E-state index contributed by atoms with van der Waals surface area (Å²) in [6.45, 7) is 3.04. The van der Waals surface area contributed by atoms with Crippen LogP contribution in [-0.2, 0) is 11.2 Å². The molecule has 2 unspecified atom stereocenters. The average Bonchev–Trinajstić information content (AvgIpc) is 2.85. The van der Waals surface area contributed by atoms with Gasteiger partial charge in [-0.25, -0.2) is 0 Å². The second-order valence-corrected chi connectivity index (χ2v) is 9.45. The Hall–Kier alpha value is -2.85. The molecule has 1 fully saturated rings. The number of rotatable bonds is 10. The molecular formula is C29H36N2O2. The predicted molar refractivity (Wildman–Crippen MR) is 134 cm³/mol. The lowest BCUT2D eigenvalue weighted by Gasteiger charge is -2.48. The van der Waals surface area contributed by atoms with Crippen molar-refractivity contribution in [1.29, 1.82) is 0 Å². The van der Waals surface area contributed by atoms with E-state index >= 15 is 0 Å². The lowest BCUT2D eigenvalue weighted by atomic mass is 9.64. The van der Waals surface area contributed by atoms with Gasteiger partial charge in [0.1, 0.15) is 11.9 Å². The number of nitrogens with two attached hydrogens (primary N) is 1. The number of carbonyl (C=O) groups is 1. The minimum Gasteiger partial charge on any atom is -0.489 e. The zero-order chi connectivity index (χ0) is 22.9. The number of nitrogens with zero attached hydrogens (tertiary/aromatic N) is 1. The molecule has 1 aliphatic carbocycles. The summed E-state index contributed by atoms with van der Waals surface area (Å²) < 4.78 is 6.63. The maximum Gasteiger partial charge on any atom is 0.217 e. The van der Waals surface area contributed by atoms with E-state index in [-0.39, 0.29) is 17.4 Å². The highest BCUT2D eigenvalue weighted by Crippen LogP contribution is 2.46. The van der Waals surface area contributed by atoms with E-state index in [1.807, 2.05) is 30.3 Å². The molecule has 2 aliphatic rings. The molecule has 0 spiro atoms. The van der Waals surface area contributed by atoms with Crippen LogP contribution < -0.4 is 10.5 Å². The highest BCUT2D eigenvalue weighted by molar-refractivity contribution is 5.73. The van der Waals surface area contributed by atoms with Gasteiger partial charge in [0.15, 0.2) is 0 Å². The van der Waals surface area contributed by atoms with Gasteiger partial charge in [-0.3, -0.25) is 9.69 Å². The molecule has 4 heteroatoms. The van der Waals surface area contributed by atoms with Crippen LogP contribution in [-0.4, -0.2) is 36.5 Å². The van der Waals surface area contributed by atoms with Crippen LogP contribution in [0.4, 0.5) is 0 Å². The first kappa shape index (κ1) is 23.3. The van der Waals surface area contributed by atoms with Crippen molar-refractivity contribution in [3.63, 3.8) is 0 Å². The van der Waals surface area contributed by atoms with Gasteiger partial charge in [0, 0.05) is 18.9 Å². The highest BCUT2D eigenvalue weighted by Gasteiger charge is 2.44. The number of amides is 1. The first-order valence-corrected chi connectivity index (χ1v) is 12.3. The number of aryl methyl sites for hydroxylation is 1. The number of piperidine rings is 1. The van der Waals surface area contributed by atoms with Gasteiger partial charge in [-0.1, -0.05) is 72.8 Å². The van der Waals surface area contributed by atoms with E-state index in [2.05, 4.69) is 59.5 Å². The normalized spacial score (nSPS) is 25.1. The smallest absolute Gasteiger partial charge is 0.217 e. The molecule has 2 N–H and O–H groups in total. The van der Waals surface area contributed by atoms with Crippen LogP contribution >= 0.6 is 0 Å². The minimum absolute atomic E-state index is 0.0712. The molecule has 0 aromatic heterocycles. The molecule has 33 heavy (non-hydrogen) atoms. The number of para-hydroxylation sites is 1. The maximum absolute atomic E-state index is 11.7. The van der Waals surface area contributed by atoms with Gasteiger partial charge in [0.05, 0.1) is 0 Å². The van der Waals surface area contributed by atoms with Gasteiger partial charge >= 0.3 is 0 Å². The molecular weight excluding hydrogens is 408 g/mol. The summed E-state index contributed by atoms with van der Waals surface area (Å²) in [5, 5.41) is 0. The molecule has 0 bridgehead atoms. The fourth-order valence-corrected chi connectivity index (χ4v) is 5.47. The van der Waals surface area contributed by atoms with E-state index in [4.69, 9.17) is 10.5 Å². The Kier molecular flexibility index (Phi) is 8.01. The Labute approximate surface area is 198 Å². The maximum atomic E-state index is 11.7. The number of benzene rings is 2. The Morgan fingerprint density at radius 1 is 1.06 bits per heavy atom. The molecule has 1 saturated heterocycles. The van der Waals surface area contributed by atoms with Gasteiger partial charge < -0.3 is 10.5 Å².